The summed E-state index contributed by atoms with van der Waals surface area (Å²) in [5, 5.41) is 2.98. The zero-order chi connectivity index (χ0) is 8.43. The van der Waals surface area contributed by atoms with Crippen LogP contribution in [0.3, 0.4) is 0 Å². The maximum atomic E-state index is 5.94. The Morgan fingerprint density at radius 2 is 2.09 bits per heavy atom. The third-order valence-electron chi connectivity index (χ3n) is 1.75. The van der Waals surface area contributed by atoms with Gasteiger partial charge >= 0.3 is 0 Å². The molecular formula is C8H10Cl2S. The van der Waals surface area contributed by atoms with E-state index in [2.05, 4.69) is 6.92 Å². The van der Waals surface area contributed by atoms with Crippen LogP contribution in [0.4, 0.5) is 0 Å². The van der Waals surface area contributed by atoms with Crippen LogP contribution in [-0.4, -0.2) is 5.38 Å². The number of alkyl halides is 1. The number of halogens is 2. The van der Waals surface area contributed by atoms with E-state index in [1.165, 1.54) is 4.88 Å². The van der Waals surface area contributed by atoms with Crippen molar-refractivity contribution in [2.75, 3.05) is 0 Å². The molecule has 2 atom stereocenters. The predicted molar refractivity (Wildman–Crippen MR) is 53.1 cm³/mol. The van der Waals surface area contributed by atoms with Gasteiger partial charge in [-0.05, 0) is 18.4 Å². The zero-order valence-electron chi connectivity index (χ0n) is 6.47. The summed E-state index contributed by atoms with van der Waals surface area (Å²) in [7, 11) is 0. The summed E-state index contributed by atoms with van der Waals surface area (Å²) >= 11 is 13.5. The van der Waals surface area contributed by atoms with Crippen LogP contribution in [0, 0.1) is 0 Å². The van der Waals surface area contributed by atoms with Crippen LogP contribution in [0.2, 0.25) is 5.02 Å². The molecule has 1 rings (SSSR count). The predicted octanol–water partition coefficient (Wildman–Crippen LogP) is 4.13. The van der Waals surface area contributed by atoms with Gasteiger partial charge in [-0.3, -0.25) is 0 Å². The molecule has 0 aromatic carbocycles. The molecular weight excluding hydrogens is 199 g/mol. The van der Waals surface area contributed by atoms with Crippen LogP contribution in [0.25, 0.3) is 0 Å². The third kappa shape index (κ3) is 2.11. The van der Waals surface area contributed by atoms with Gasteiger partial charge in [0, 0.05) is 16.2 Å². The second kappa shape index (κ2) is 3.79. The lowest BCUT2D eigenvalue weighted by molar-refractivity contribution is 0.757. The molecule has 0 amide bonds. The lowest BCUT2D eigenvalue weighted by atomic mass is 10.1. The number of rotatable bonds is 2. The van der Waals surface area contributed by atoms with Crippen molar-refractivity contribution in [2.45, 2.75) is 25.1 Å². The van der Waals surface area contributed by atoms with Crippen LogP contribution in [0.5, 0.6) is 0 Å². The van der Waals surface area contributed by atoms with E-state index in [9.17, 15) is 0 Å². The van der Waals surface area contributed by atoms with E-state index in [0.29, 0.717) is 5.92 Å². The smallest absolute Gasteiger partial charge is 0.0548 e. The van der Waals surface area contributed by atoms with Crippen LogP contribution in [-0.2, 0) is 0 Å². The lowest BCUT2D eigenvalue weighted by Gasteiger charge is -2.11. The van der Waals surface area contributed by atoms with E-state index < -0.39 is 0 Å². The van der Waals surface area contributed by atoms with Crippen LogP contribution in [0.1, 0.15) is 24.6 Å². The van der Waals surface area contributed by atoms with Crippen molar-refractivity contribution in [3.05, 3.63) is 21.3 Å². The van der Waals surface area contributed by atoms with Crippen molar-refractivity contribution in [3.8, 4) is 0 Å². The molecule has 0 bridgehead atoms. The number of hydrogen-bond donors (Lipinski definition) is 0. The summed E-state index contributed by atoms with van der Waals surface area (Å²) in [6.45, 7) is 4.08. The standard InChI is InChI=1S/C8H10Cl2S/c1-5(6(2)9)8-7(10)3-4-11-8/h3-6H,1-2H3. The van der Waals surface area contributed by atoms with Gasteiger partial charge < -0.3 is 0 Å². The summed E-state index contributed by atoms with van der Waals surface area (Å²) < 4.78 is 0. The molecule has 0 saturated carbocycles. The highest BCUT2D eigenvalue weighted by Gasteiger charge is 2.15. The Morgan fingerprint density at radius 1 is 1.45 bits per heavy atom. The van der Waals surface area contributed by atoms with Crippen LogP contribution >= 0.6 is 34.5 Å². The average molecular weight is 209 g/mol. The van der Waals surface area contributed by atoms with Crippen molar-refractivity contribution >= 4 is 34.5 Å². The molecule has 1 aromatic rings. The van der Waals surface area contributed by atoms with Gasteiger partial charge in [-0.25, -0.2) is 0 Å². The molecule has 0 aliphatic heterocycles. The molecule has 0 saturated heterocycles. The largest absolute Gasteiger partial charge is 0.147 e. The SMILES string of the molecule is CC(Cl)C(C)c1sccc1Cl. The molecule has 0 radical (unpaired) electrons. The fraction of sp³-hybridized carbons (Fsp3) is 0.500. The van der Waals surface area contributed by atoms with E-state index in [4.69, 9.17) is 23.2 Å². The summed E-state index contributed by atoms with van der Waals surface area (Å²) in [5.74, 6) is 0.351. The van der Waals surface area contributed by atoms with E-state index in [0.717, 1.165) is 5.02 Å². The van der Waals surface area contributed by atoms with Crippen molar-refractivity contribution in [1.82, 2.24) is 0 Å². The highest BCUT2D eigenvalue weighted by Crippen LogP contribution is 2.33. The molecule has 0 N–H and O–H groups in total. The molecule has 2 unspecified atom stereocenters. The minimum Gasteiger partial charge on any atom is -0.147 e. The first-order valence-corrected chi connectivity index (χ1v) is 5.19. The quantitative estimate of drug-likeness (QED) is 0.642. The zero-order valence-corrected chi connectivity index (χ0v) is 8.80. The van der Waals surface area contributed by atoms with E-state index in [-0.39, 0.29) is 5.38 Å². The molecule has 11 heavy (non-hydrogen) atoms. The maximum absolute atomic E-state index is 5.94. The highest BCUT2D eigenvalue weighted by molar-refractivity contribution is 7.10. The number of hydrogen-bond acceptors (Lipinski definition) is 1. The fourth-order valence-electron chi connectivity index (χ4n) is 0.839. The molecule has 0 spiro atoms. The second-order valence-corrected chi connectivity index (χ2v) is 4.64. The van der Waals surface area contributed by atoms with E-state index in [1.54, 1.807) is 11.3 Å². The first-order valence-electron chi connectivity index (χ1n) is 3.50. The molecule has 3 heteroatoms. The van der Waals surface area contributed by atoms with Gasteiger partial charge in [0.2, 0.25) is 0 Å². The molecule has 1 aromatic heterocycles. The minimum atomic E-state index is 0.145. The maximum Gasteiger partial charge on any atom is 0.0548 e. The fourth-order valence-corrected chi connectivity index (χ4v) is 2.43. The van der Waals surface area contributed by atoms with Crippen molar-refractivity contribution in [1.29, 1.82) is 0 Å². The summed E-state index contributed by atoms with van der Waals surface area (Å²) in [5.41, 5.74) is 0. The highest BCUT2D eigenvalue weighted by atomic mass is 35.5. The van der Waals surface area contributed by atoms with Gasteiger partial charge in [0.1, 0.15) is 0 Å². The lowest BCUT2D eigenvalue weighted by Crippen LogP contribution is -2.02. The van der Waals surface area contributed by atoms with Crippen LogP contribution < -0.4 is 0 Å². The Kier molecular flexibility index (Phi) is 3.23. The van der Waals surface area contributed by atoms with Gasteiger partial charge in [-0.1, -0.05) is 18.5 Å². The van der Waals surface area contributed by atoms with Gasteiger partial charge in [-0.2, -0.15) is 0 Å². The molecule has 62 valence electrons. The monoisotopic (exact) mass is 208 g/mol. The summed E-state index contributed by atoms with van der Waals surface area (Å²) in [6.07, 6.45) is 0. The first-order chi connectivity index (χ1) is 5.13. The summed E-state index contributed by atoms with van der Waals surface area (Å²) in [4.78, 5) is 1.19. The first kappa shape index (κ1) is 9.37. The number of thiophene rings is 1. The van der Waals surface area contributed by atoms with Gasteiger partial charge in [-0.15, -0.1) is 22.9 Å². The Hall–Kier alpha value is 0.280. The molecule has 1 heterocycles. The Labute approximate surface area is 81.1 Å². The normalized spacial score (nSPS) is 16.4. The second-order valence-electron chi connectivity index (χ2n) is 2.60. The third-order valence-corrected chi connectivity index (χ3v) is 3.68. The molecule has 0 fully saturated rings. The van der Waals surface area contributed by atoms with Crippen molar-refractivity contribution < 1.29 is 0 Å². The Morgan fingerprint density at radius 3 is 2.45 bits per heavy atom. The van der Waals surface area contributed by atoms with Gasteiger partial charge in [0.25, 0.3) is 0 Å². The average Bonchev–Trinajstić information content (AvgIpc) is 2.33. The summed E-state index contributed by atoms with van der Waals surface area (Å²) in [6, 6.07) is 1.91. The van der Waals surface area contributed by atoms with E-state index >= 15 is 0 Å². The molecule has 0 nitrogen and oxygen atoms in total. The van der Waals surface area contributed by atoms with E-state index in [1.807, 2.05) is 18.4 Å². The van der Waals surface area contributed by atoms with Crippen LogP contribution in [0.15, 0.2) is 11.4 Å². The van der Waals surface area contributed by atoms with Gasteiger partial charge in [0.05, 0.1) is 5.02 Å². The Balaban J connectivity index is 2.84. The van der Waals surface area contributed by atoms with Gasteiger partial charge in [0.15, 0.2) is 0 Å². The van der Waals surface area contributed by atoms with Crippen molar-refractivity contribution in [2.24, 2.45) is 0 Å². The molecule has 0 aliphatic carbocycles. The minimum absolute atomic E-state index is 0.145. The topological polar surface area (TPSA) is 0 Å². The van der Waals surface area contributed by atoms with Crippen molar-refractivity contribution in [3.63, 3.8) is 0 Å². The Bertz CT molecular complexity index is 230. The molecule has 0 aliphatic rings.